The zero-order valence-corrected chi connectivity index (χ0v) is 10.8. The molecule has 0 aliphatic heterocycles. The molecule has 4 nitrogen and oxygen atoms in total. The van der Waals surface area contributed by atoms with E-state index < -0.39 is 0 Å². The molecule has 0 unspecified atom stereocenters. The topological polar surface area (TPSA) is 44.1 Å². The second-order valence-electron chi connectivity index (χ2n) is 4.30. The summed E-state index contributed by atoms with van der Waals surface area (Å²) >= 11 is 0. The molecule has 0 saturated carbocycles. The fraction of sp³-hybridized carbons (Fsp3) is 0.286. The first-order valence-electron chi connectivity index (χ1n) is 5.86. The van der Waals surface area contributed by atoms with Gasteiger partial charge in [-0.3, -0.25) is 9.48 Å². The molecule has 0 amide bonds. The Kier molecular flexibility index (Phi) is 3.46. The van der Waals surface area contributed by atoms with Crippen molar-refractivity contribution < 1.29 is 9.53 Å². The molecule has 4 heteroatoms. The number of hydrogen-bond donors (Lipinski definition) is 0. The molecule has 1 aromatic carbocycles. The summed E-state index contributed by atoms with van der Waals surface area (Å²) in [4.78, 5) is 12.5. The number of carbonyl (C=O) groups excluding carboxylic acids is 1. The van der Waals surface area contributed by atoms with Gasteiger partial charge in [0.2, 0.25) is 5.78 Å². The third-order valence-corrected chi connectivity index (χ3v) is 2.72. The van der Waals surface area contributed by atoms with Crippen molar-refractivity contribution in [1.29, 1.82) is 0 Å². The van der Waals surface area contributed by atoms with E-state index in [2.05, 4.69) is 5.10 Å². The predicted octanol–water partition coefficient (Wildman–Crippen LogP) is 2.70. The van der Waals surface area contributed by atoms with Crippen LogP contribution in [0.5, 0.6) is 5.75 Å². The van der Waals surface area contributed by atoms with Crippen LogP contribution < -0.4 is 4.74 Å². The largest absolute Gasteiger partial charge is 0.493 e. The Morgan fingerprint density at radius 2 is 1.94 bits per heavy atom. The maximum atomic E-state index is 12.5. The highest BCUT2D eigenvalue weighted by Gasteiger charge is 2.21. The Bertz CT molecular complexity index is 544. The molecule has 2 rings (SSSR count). The maximum Gasteiger partial charge on any atom is 0.214 e. The molecule has 0 bridgehead atoms. The van der Waals surface area contributed by atoms with Crippen molar-refractivity contribution in [2.24, 2.45) is 0 Å². The van der Waals surface area contributed by atoms with Gasteiger partial charge in [-0.2, -0.15) is 5.10 Å². The van der Waals surface area contributed by atoms with Gasteiger partial charge in [0.15, 0.2) is 11.4 Å². The Labute approximate surface area is 106 Å². The molecule has 0 N–H and O–H groups in total. The minimum Gasteiger partial charge on any atom is -0.493 e. The summed E-state index contributed by atoms with van der Waals surface area (Å²) in [6.45, 7) is 3.96. The van der Waals surface area contributed by atoms with Crippen LogP contribution in [0.3, 0.4) is 0 Å². The van der Waals surface area contributed by atoms with Crippen molar-refractivity contribution in [2.75, 3.05) is 7.11 Å². The van der Waals surface area contributed by atoms with Gasteiger partial charge in [-0.1, -0.05) is 30.3 Å². The van der Waals surface area contributed by atoms with Crippen molar-refractivity contribution >= 4 is 5.78 Å². The first-order chi connectivity index (χ1) is 8.65. The quantitative estimate of drug-likeness (QED) is 0.777. The van der Waals surface area contributed by atoms with E-state index in [1.54, 1.807) is 30.1 Å². The summed E-state index contributed by atoms with van der Waals surface area (Å²) in [6.07, 6.45) is 1.58. The molecule has 0 saturated heterocycles. The highest BCUT2D eigenvalue weighted by Crippen LogP contribution is 2.23. The van der Waals surface area contributed by atoms with Crippen LogP contribution in [0.4, 0.5) is 0 Å². The van der Waals surface area contributed by atoms with E-state index in [0.29, 0.717) is 17.0 Å². The number of benzene rings is 1. The smallest absolute Gasteiger partial charge is 0.214 e. The summed E-state index contributed by atoms with van der Waals surface area (Å²) in [5.41, 5.74) is 1.14. The van der Waals surface area contributed by atoms with Gasteiger partial charge >= 0.3 is 0 Å². The number of aromatic nitrogens is 2. The Hall–Kier alpha value is -2.10. The minimum absolute atomic E-state index is 0.0707. The van der Waals surface area contributed by atoms with Gasteiger partial charge in [0.25, 0.3) is 0 Å². The van der Waals surface area contributed by atoms with E-state index in [1.807, 2.05) is 32.0 Å². The number of methoxy groups -OCH3 is 1. The van der Waals surface area contributed by atoms with Gasteiger partial charge in [0, 0.05) is 11.6 Å². The zero-order valence-electron chi connectivity index (χ0n) is 10.8. The van der Waals surface area contributed by atoms with Crippen LogP contribution in [0.15, 0.2) is 36.5 Å². The number of rotatable bonds is 4. The van der Waals surface area contributed by atoms with Crippen LogP contribution in [0, 0.1) is 0 Å². The molecule has 0 aliphatic carbocycles. The normalized spacial score (nSPS) is 10.7. The first-order valence-corrected chi connectivity index (χ1v) is 5.86. The van der Waals surface area contributed by atoms with Crippen molar-refractivity contribution in [1.82, 2.24) is 9.78 Å². The van der Waals surface area contributed by atoms with Crippen molar-refractivity contribution in [3.05, 3.63) is 47.8 Å². The van der Waals surface area contributed by atoms with E-state index in [4.69, 9.17) is 4.74 Å². The summed E-state index contributed by atoms with van der Waals surface area (Å²) in [7, 11) is 1.55. The SMILES string of the molecule is COc1cnn(C(C)C)c1C(=O)c1ccccc1. The number of ether oxygens (including phenoxy) is 1. The lowest BCUT2D eigenvalue weighted by Crippen LogP contribution is -2.14. The molecule has 0 aliphatic rings. The van der Waals surface area contributed by atoms with Crippen molar-refractivity contribution in [3.63, 3.8) is 0 Å². The van der Waals surface area contributed by atoms with Crippen molar-refractivity contribution in [2.45, 2.75) is 19.9 Å². The molecule has 0 atom stereocenters. The predicted molar refractivity (Wildman–Crippen MR) is 69.0 cm³/mol. The number of carbonyl (C=O) groups is 1. The molecule has 0 radical (unpaired) electrons. The van der Waals surface area contributed by atoms with Crippen molar-refractivity contribution in [3.8, 4) is 5.75 Å². The van der Waals surface area contributed by atoms with Gasteiger partial charge < -0.3 is 4.74 Å². The Morgan fingerprint density at radius 3 is 2.50 bits per heavy atom. The van der Waals surface area contributed by atoms with Crippen LogP contribution in [0.25, 0.3) is 0 Å². The molecular weight excluding hydrogens is 228 g/mol. The molecule has 0 spiro atoms. The third kappa shape index (κ3) is 2.14. The zero-order chi connectivity index (χ0) is 13.1. The van der Waals surface area contributed by atoms with E-state index in [1.165, 1.54) is 0 Å². The summed E-state index contributed by atoms with van der Waals surface area (Å²) in [5, 5.41) is 4.20. The monoisotopic (exact) mass is 244 g/mol. The number of ketones is 1. The fourth-order valence-electron chi connectivity index (χ4n) is 1.83. The molecule has 1 heterocycles. The summed E-state index contributed by atoms with van der Waals surface area (Å²) in [6, 6.07) is 9.26. The van der Waals surface area contributed by atoms with Gasteiger partial charge in [-0.25, -0.2) is 0 Å². The average Bonchev–Trinajstić information content (AvgIpc) is 2.82. The standard InChI is InChI=1S/C14H16N2O2/c1-10(2)16-13(12(18-3)9-15-16)14(17)11-7-5-4-6-8-11/h4-10H,1-3H3. The minimum atomic E-state index is -0.0707. The number of nitrogens with zero attached hydrogens (tertiary/aromatic N) is 2. The highest BCUT2D eigenvalue weighted by atomic mass is 16.5. The van der Waals surface area contributed by atoms with Crippen LogP contribution in [0.1, 0.15) is 35.9 Å². The molecule has 18 heavy (non-hydrogen) atoms. The van der Waals surface area contributed by atoms with E-state index >= 15 is 0 Å². The van der Waals surface area contributed by atoms with Crippen LogP contribution in [-0.2, 0) is 0 Å². The maximum absolute atomic E-state index is 12.5. The van der Waals surface area contributed by atoms with Gasteiger partial charge in [-0.05, 0) is 13.8 Å². The molecule has 2 aromatic rings. The first kappa shape index (κ1) is 12.4. The molecule has 0 fully saturated rings. The Morgan fingerprint density at radius 1 is 1.28 bits per heavy atom. The van der Waals surface area contributed by atoms with Gasteiger partial charge in [-0.15, -0.1) is 0 Å². The summed E-state index contributed by atoms with van der Waals surface area (Å²) < 4.78 is 6.90. The second kappa shape index (κ2) is 5.04. The lowest BCUT2D eigenvalue weighted by Gasteiger charge is -2.11. The lowest BCUT2D eigenvalue weighted by molar-refractivity contribution is 0.102. The third-order valence-electron chi connectivity index (χ3n) is 2.72. The van der Waals surface area contributed by atoms with Crippen LogP contribution in [-0.4, -0.2) is 22.7 Å². The van der Waals surface area contributed by atoms with Gasteiger partial charge in [0.1, 0.15) is 0 Å². The molecular formula is C14H16N2O2. The van der Waals surface area contributed by atoms with Gasteiger partial charge in [0.05, 0.1) is 13.3 Å². The van der Waals surface area contributed by atoms with E-state index in [-0.39, 0.29) is 11.8 Å². The highest BCUT2D eigenvalue weighted by molar-refractivity contribution is 6.09. The average molecular weight is 244 g/mol. The van der Waals surface area contributed by atoms with Crippen LogP contribution in [0.2, 0.25) is 0 Å². The van der Waals surface area contributed by atoms with E-state index in [9.17, 15) is 4.79 Å². The summed E-state index contributed by atoms with van der Waals surface area (Å²) in [5.74, 6) is 0.441. The molecule has 94 valence electrons. The lowest BCUT2D eigenvalue weighted by atomic mass is 10.1. The Balaban J connectivity index is 2.50. The van der Waals surface area contributed by atoms with Crippen LogP contribution >= 0.6 is 0 Å². The second-order valence-corrected chi connectivity index (χ2v) is 4.30. The number of hydrogen-bond acceptors (Lipinski definition) is 3. The van der Waals surface area contributed by atoms with E-state index in [0.717, 1.165) is 0 Å². The fourth-order valence-corrected chi connectivity index (χ4v) is 1.83. The molecule has 1 aromatic heterocycles.